The summed E-state index contributed by atoms with van der Waals surface area (Å²) in [7, 11) is -6.68. The molecule has 1 unspecified atom stereocenters. The Morgan fingerprint density at radius 1 is 1.28 bits per heavy atom. The van der Waals surface area contributed by atoms with Crippen LogP contribution in [0.15, 0.2) is 29.2 Å². The van der Waals surface area contributed by atoms with E-state index in [-0.39, 0.29) is 34.7 Å². The number of ether oxygens (including phenoxy) is 1. The molecule has 140 valence electrons. The van der Waals surface area contributed by atoms with Gasteiger partial charge in [-0.2, -0.15) is 0 Å². The number of nitrogens with one attached hydrogen (secondary N) is 1. The second-order valence-corrected chi connectivity index (χ2v) is 10.7. The Hall–Kier alpha value is -1.61. The minimum atomic E-state index is -3.59. The van der Waals surface area contributed by atoms with Crippen LogP contribution in [0, 0.1) is 0 Å². The number of hydrogen-bond acceptors (Lipinski definition) is 6. The predicted octanol–water partition coefficient (Wildman–Crippen LogP) is 0.941. The second-order valence-electron chi connectivity index (χ2n) is 6.37. The standard InChI is InChI=1S/C16H23NO6S2/c1-12(2)23-14-3-5-15(6-4-14)25(21,22)10-8-16(18)17-13-7-9-24(19,20)11-13/h3-6,12-13H,7-11H2,1-2H3,(H,17,18). The lowest BCUT2D eigenvalue weighted by Crippen LogP contribution is -2.36. The van der Waals surface area contributed by atoms with Crippen molar-refractivity contribution in [3.8, 4) is 5.75 Å². The summed E-state index contributed by atoms with van der Waals surface area (Å²) in [6, 6.07) is 5.64. The Labute approximate surface area is 148 Å². The lowest BCUT2D eigenvalue weighted by atomic mass is 10.2. The van der Waals surface area contributed by atoms with Crippen molar-refractivity contribution in [1.82, 2.24) is 5.32 Å². The lowest BCUT2D eigenvalue weighted by molar-refractivity contribution is -0.121. The summed E-state index contributed by atoms with van der Waals surface area (Å²) in [6.45, 7) is 3.75. The van der Waals surface area contributed by atoms with E-state index in [1.165, 1.54) is 12.1 Å². The fraction of sp³-hybridized carbons (Fsp3) is 0.562. The Balaban J connectivity index is 1.89. The van der Waals surface area contributed by atoms with Gasteiger partial charge in [-0.1, -0.05) is 0 Å². The fourth-order valence-corrected chi connectivity index (χ4v) is 5.47. The molecule has 0 aliphatic carbocycles. The number of hydrogen-bond donors (Lipinski definition) is 1. The van der Waals surface area contributed by atoms with E-state index in [1.807, 2.05) is 13.8 Å². The first-order valence-electron chi connectivity index (χ1n) is 8.07. The number of amides is 1. The zero-order valence-corrected chi connectivity index (χ0v) is 15.9. The average molecular weight is 389 g/mol. The van der Waals surface area contributed by atoms with E-state index in [4.69, 9.17) is 4.74 Å². The molecule has 1 amide bonds. The molecular formula is C16H23NO6S2. The molecule has 1 N–H and O–H groups in total. The van der Waals surface area contributed by atoms with Gasteiger partial charge in [0.1, 0.15) is 5.75 Å². The van der Waals surface area contributed by atoms with Crippen molar-refractivity contribution in [2.24, 2.45) is 0 Å². The van der Waals surface area contributed by atoms with Gasteiger partial charge in [0.2, 0.25) is 5.91 Å². The van der Waals surface area contributed by atoms with Crippen LogP contribution in [0.25, 0.3) is 0 Å². The number of rotatable bonds is 7. The topological polar surface area (TPSA) is 107 Å². The second kappa shape index (κ2) is 7.74. The molecule has 1 aromatic carbocycles. The number of carbonyl (C=O) groups is 1. The van der Waals surface area contributed by atoms with Crippen molar-refractivity contribution in [1.29, 1.82) is 0 Å². The van der Waals surface area contributed by atoms with E-state index in [1.54, 1.807) is 12.1 Å². The van der Waals surface area contributed by atoms with E-state index in [2.05, 4.69) is 5.32 Å². The zero-order valence-electron chi connectivity index (χ0n) is 14.3. The molecule has 1 aliphatic rings. The number of carbonyl (C=O) groups excluding carboxylic acids is 1. The first kappa shape index (κ1) is 19.7. The molecule has 1 aromatic rings. The molecule has 0 saturated carbocycles. The fourth-order valence-electron chi connectivity index (χ4n) is 2.55. The van der Waals surface area contributed by atoms with Gasteiger partial charge in [-0.05, 0) is 44.5 Å². The summed E-state index contributed by atoms with van der Waals surface area (Å²) < 4.78 is 52.8. The largest absolute Gasteiger partial charge is 0.491 e. The highest BCUT2D eigenvalue weighted by Crippen LogP contribution is 2.19. The van der Waals surface area contributed by atoms with Gasteiger partial charge in [-0.25, -0.2) is 16.8 Å². The maximum atomic E-state index is 12.3. The quantitative estimate of drug-likeness (QED) is 0.744. The lowest BCUT2D eigenvalue weighted by Gasteiger charge is -2.12. The summed E-state index contributed by atoms with van der Waals surface area (Å²) in [5.41, 5.74) is 0. The van der Waals surface area contributed by atoms with Crippen molar-refractivity contribution < 1.29 is 26.4 Å². The summed E-state index contributed by atoms with van der Waals surface area (Å²) in [6.07, 6.45) is 0.159. The van der Waals surface area contributed by atoms with Gasteiger partial charge in [0.05, 0.1) is 28.3 Å². The monoisotopic (exact) mass is 389 g/mol. The Bertz CT molecular complexity index is 813. The van der Waals surface area contributed by atoms with Gasteiger partial charge in [-0.3, -0.25) is 4.79 Å². The minimum absolute atomic E-state index is 0.00875. The summed E-state index contributed by atoms with van der Waals surface area (Å²) in [4.78, 5) is 12.0. The predicted molar refractivity (Wildman–Crippen MR) is 94.1 cm³/mol. The molecule has 25 heavy (non-hydrogen) atoms. The Morgan fingerprint density at radius 3 is 2.44 bits per heavy atom. The zero-order chi connectivity index (χ0) is 18.7. The SMILES string of the molecule is CC(C)Oc1ccc(S(=O)(=O)CCC(=O)NC2CCS(=O)(=O)C2)cc1. The highest BCUT2D eigenvalue weighted by Gasteiger charge is 2.29. The van der Waals surface area contributed by atoms with Gasteiger partial charge < -0.3 is 10.1 Å². The molecule has 0 aromatic heterocycles. The smallest absolute Gasteiger partial charge is 0.221 e. The third-order valence-corrected chi connectivity index (χ3v) is 7.25. The van der Waals surface area contributed by atoms with Crippen LogP contribution in [0.2, 0.25) is 0 Å². The summed E-state index contributed by atoms with van der Waals surface area (Å²) >= 11 is 0. The molecule has 7 nitrogen and oxygen atoms in total. The molecule has 0 radical (unpaired) electrons. The molecule has 1 saturated heterocycles. The Morgan fingerprint density at radius 2 is 1.92 bits per heavy atom. The van der Waals surface area contributed by atoms with Crippen LogP contribution in [0.4, 0.5) is 0 Å². The van der Waals surface area contributed by atoms with Crippen LogP contribution in [-0.4, -0.2) is 52.1 Å². The van der Waals surface area contributed by atoms with Crippen molar-refractivity contribution >= 4 is 25.6 Å². The van der Waals surface area contributed by atoms with E-state index in [0.29, 0.717) is 12.2 Å². The van der Waals surface area contributed by atoms with E-state index >= 15 is 0 Å². The van der Waals surface area contributed by atoms with Crippen molar-refractivity contribution in [3.63, 3.8) is 0 Å². The molecule has 1 aliphatic heterocycles. The highest BCUT2D eigenvalue weighted by molar-refractivity contribution is 7.91. The minimum Gasteiger partial charge on any atom is -0.491 e. The van der Waals surface area contributed by atoms with Crippen LogP contribution in [0.1, 0.15) is 26.7 Å². The number of sulfone groups is 2. The first-order valence-corrected chi connectivity index (χ1v) is 11.5. The third-order valence-electron chi connectivity index (χ3n) is 3.75. The van der Waals surface area contributed by atoms with Crippen LogP contribution in [0.5, 0.6) is 5.75 Å². The van der Waals surface area contributed by atoms with E-state index in [0.717, 1.165) is 0 Å². The van der Waals surface area contributed by atoms with Crippen LogP contribution in [0.3, 0.4) is 0 Å². The van der Waals surface area contributed by atoms with Crippen molar-refractivity contribution in [2.45, 2.75) is 43.7 Å². The van der Waals surface area contributed by atoms with Crippen LogP contribution < -0.4 is 10.1 Å². The molecule has 0 bridgehead atoms. The molecule has 1 heterocycles. The molecular weight excluding hydrogens is 366 g/mol. The van der Waals surface area contributed by atoms with Crippen molar-refractivity contribution in [3.05, 3.63) is 24.3 Å². The van der Waals surface area contributed by atoms with Gasteiger partial charge >= 0.3 is 0 Å². The van der Waals surface area contributed by atoms with Gasteiger partial charge in [-0.15, -0.1) is 0 Å². The van der Waals surface area contributed by atoms with E-state index < -0.39 is 31.6 Å². The molecule has 0 spiro atoms. The summed E-state index contributed by atoms with van der Waals surface area (Å²) in [5, 5.41) is 2.59. The third kappa shape index (κ3) is 6.00. The maximum Gasteiger partial charge on any atom is 0.221 e. The van der Waals surface area contributed by atoms with Gasteiger partial charge in [0.15, 0.2) is 19.7 Å². The highest BCUT2D eigenvalue weighted by atomic mass is 32.2. The van der Waals surface area contributed by atoms with Gasteiger partial charge in [0, 0.05) is 12.5 Å². The molecule has 9 heteroatoms. The number of benzene rings is 1. The van der Waals surface area contributed by atoms with E-state index in [9.17, 15) is 21.6 Å². The summed E-state index contributed by atoms with van der Waals surface area (Å²) in [5.74, 6) is -0.230. The van der Waals surface area contributed by atoms with Crippen molar-refractivity contribution in [2.75, 3.05) is 17.3 Å². The molecule has 2 rings (SSSR count). The van der Waals surface area contributed by atoms with Gasteiger partial charge in [0.25, 0.3) is 0 Å². The molecule has 1 atom stereocenters. The normalized spacial score (nSPS) is 19.7. The van der Waals surface area contributed by atoms with Crippen LogP contribution in [-0.2, 0) is 24.5 Å². The first-order chi connectivity index (χ1) is 11.6. The molecule has 1 fully saturated rings. The van der Waals surface area contributed by atoms with Crippen LogP contribution >= 0.6 is 0 Å². The Kier molecular flexibility index (Phi) is 6.10. The maximum absolute atomic E-state index is 12.3. The average Bonchev–Trinajstić information content (AvgIpc) is 2.84.